The van der Waals surface area contributed by atoms with E-state index in [1.165, 1.54) is 0 Å². The predicted molar refractivity (Wildman–Crippen MR) is 122 cm³/mol. The Morgan fingerprint density at radius 3 is 2.13 bits per heavy atom. The van der Waals surface area contributed by atoms with Crippen LogP contribution in [-0.4, -0.2) is 17.1 Å². The molecule has 1 heterocycles. The number of nitrogens with zero attached hydrogens (tertiary/aromatic N) is 2. The van der Waals surface area contributed by atoms with E-state index >= 15 is 0 Å². The third kappa shape index (κ3) is 4.56. The quantitative estimate of drug-likeness (QED) is 0.337. The number of halogens is 2. The number of hydrogen-bond donors (Lipinski definition) is 0. The van der Waals surface area contributed by atoms with Crippen LogP contribution in [0.25, 0.3) is 23.2 Å². The lowest BCUT2D eigenvalue weighted by molar-refractivity contribution is 0.293. The molecule has 4 nitrogen and oxygen atoms in total. The molecule has 0 atom stereocenters. The first kappa shape index (κ1) is 20.2. The number of ether oxygens (including phenoxy) is 2. The SMILES string of the molecule is COc1ccc(/C=C/c2nc3ccccc3nc2OCc2c(Cl)cccc2Cl)cc1. The Balaban J connectivity index is 1.67. The van der Waals surface area contributed by atoms with E-state index in [9.17, 15) is 0 Å². The molecular weight excluding hydrogens is 419 g/mol. The van der Waals surface area contributed by atoms with Crippen molar-refractivity contribution in [3.63, 3.8) is 0 Å². The van der Waals surface area contributed by atoms with E-state index in [4.69, 9.17) is 37.7 Å². The van der Waals surface area contributed by atoms with E-state index in [-0.39, 0.29) is 6.61 Å². The van der Waals surface area contributed by atoms with Crippen LogP contribution in [0.5, 0.6) is 11.6 Å². The van der Waals surface area contributed by atoms with Crippen LogP contribution in [0.4, 0.5) is 0 Å². The Labute approximate surface area is 184 Å². The second-order valence-electron chi connectivity index (χ2n) is 6.50. The molecule has 150 valence electrons. The third-order valence-electron chi connectivity index (χ3n) is 4.53. The van der Waals surface area contributed by atoms with Gasteiger partial charge in [-0.25, -0.2) is 9.97 Å². The van der Waals surface area contributed by atoms with E-state index in [0.717, 1.165) is 22.3 Å². The summed E-state index contributed by atoms with van der Waals surface area (Å²) in [7, 11) is 1.64. The minimum atomic E-state index is 0.189. The highest BCUT2D eigenvalue weighted by molar-refractivity contribution is 6.35. The molecule has 30 heavy (non-hydrogen) atoms. The summed E-state index contributed by atoms with van der Waals surface area (Å²) in [6, 6.07) is 20.8. The minimum Gasteiger partial charge on any atom is -0.497 e. The Kier molecular flexibility index (Phi) is 6.17. The van der Waals surface area contributed by atoms with Gasteiger partial charge in [-0.2, -0.15) is 0 Å². The van der Waals surface area contributed by atoms with Crippen molar-refractivity contribution in [3.05, 3.63) is 93.6 Å². The first-order valence-electron chi connectivity index (χ1n) is 9.28. The number of methoxy groups -OCH3 is 1. The average Bonchev–Trinajstić information content (AvgIpc) is 2.77. The van der Waals surface area contributed by atoms with Crippen molar-refractivity contribution in [2.75, 3.05) is 7.11 Å². The van der Waals surface area contributed by atoms with Gasteiger partial charge in [0.15, 0.2) is 0 Å². The molecule has 0 saturated carbocycles. The highest BCUT2D eigenvalue weighted by Crippen LogP contribution is 2.27. The van der Waals surface area contributed by atoms with Crippen molar-refractivity contribution in [3.8, 4) is 11.6 Å². The highest BCUT2D eigenvalue weighted by atomic mass is 35.5. The van der Waals surface area contributed by atoms with Gasteiger partial charge >= 0.3 is 0 Å². The number of aromatic nitrogens is 2. The molecule has 4 aromatic rings. The molecule has 0 aliphatic heterocycles. The van der Waals surface area contributed by atoms with E-state index in [2.05, 4.69) is 4.98 Å². The normalized spacial score (nSPS) is 11.2. The number of rotatable bonds is 6. The molecule has 3 aromatic carbocycles. The Morgan fingerprint density at radius 1 is 0.800 bits per heavy atom. The molecule has 0 fully saturated rings. The minimum absolute atomic E-state index is 0.189. The molecular formula is C24H18Cl2N2O2. The largest absolute Gasteiger partial charge is 0.497 e. The highest BCUT2D eigenvalue weighted by Gasteiger charge is 2.11. The fraction of sp³-hybridized carbons (Fsp3) is 0.0833. The lowest BCUT2D eigenvalue weighted by Gasteiger charge is -2.11. The van der Waals surface area contributed by atoms with Crippen LogP contribution in [-0.2, 0) is 6.61 Å². The van der Waals surface area contributed by atoms with Crippen LogP contribution >= 0.6 is 23.2 Å². The summed E-state index contributed by atoms with van der Waals surface area (Å²) < 4.78 is 11.2. The van der Waals surface area contributed by atoms with Crippen LogP contribution in [0.2, 0.25) is 10.0 Å². The lowest BCUT2D eigenvalue weighted by Crippen LogP contribution is -2.02. The summed E-state index contributed by atoms with van der Waals surface area (Å²) in [5, 5.41) is 1.10. The number of para-hydroxylation sites is 2. The molecule has 0 aliphatic rings. The summed E-state index contributed by atoms with van der Waals surface area (Å²) in [5.41, 5.74) is 3.87. The van der Waals surface area contributed by atoms with Gasteiger partial charge < -0.3 is 9.47 Å². The van der Waals surface area contributed by atoms with Gasteiger partial charge in [-0.3, -0.25) is 0 Å². The molecule has 0 unspecified atom stereocenters. The molecule has 0 N–H and O–H groups in total. The first-order chi connectivity index (χ1) is 14.6. The van der Waals surface area contributed by atoms with Crippen LogP contribution in [0.1, 0.15) is 16.8 Å². The van der Waals surface area contributed by atoms with E-state index < -0.39 is 0 Å². The third-order valence-corrected chi connectivity index (χ3v) is 5.24. The molecule has 0 radical (unpaired) electrons. The Bertz CT molecular complexity index is 1190. The summed E-state index contributed by atoms with van der Waals surface area (Å²) in [6.45, 7) is 0.189. The zero-order valence-corrected chi connectivity index (χ0v) is 17.7. The molecule has 0 spiro atoms. The van der Waals surface area contributed by atoms with Crippen molar-refractivity contribution in [2.24, 2.45) is 0 Å². The van der Waals surface area contributed by atoms with Gasteiger partial charge in [-0.05, 0) is 48.0 Å². The topological polar surface area (TPSA) is 44.2 Å². The Hall–Kier alpha value is -3.08. The van der Waals surface area contributed by atoms with Gasteiger partial charge in [0.1, 0.15) is 18.1 Å². The van der Waals surface area contributed by atoms with Crippen molar-refractivity contribution < 1.29 is 9.47 Å². The summed E-state index contributed by atoms with van der Waals surface area (Å²) in [6.07, 6.45) is 3.83. The zero-order valence-electron chi connectivity index (χ0n) is 16.2. The van der Waals surface area contributed by atoms with Crippen molar-refractivity contribution in [1.82, 2.24) is 9.97 Å². The average molecular weight is 437 g/mol. The summed E-state index contributed by atoms with van der Waals surface area (Å²) in [5.74, 6) is 1.22. The maximum Gasteiger partial charge on any atom is 0.240 e. The maximum absolute atomic E-state index is 6.27. The molecule has 1 aromatic heterocycles. The van der Waals surface area contributed by atoms with Crippen molar-refractivity contribution in [2.45, 2.75) is 6.61 Å². The molecule has 6 heteroatoms. The molecule has 0 amide bonds. The molecule has 0 saturated heterocycles. The lowest BCUT2D eigenvalue weighted by atomic mass is 10.2. The first-order valence-corrected chi connectivity index (χ1v) is 10.0. The maximum atomic E-state index is 6.27. The smallest absolute Gasteiger partial charge is 0.240 e. The Morgan fingerprint density at radius 2 is 1.47 bits per heavy atom. The number of benzene rings is 3. The zero-order chi connectivity index (χ0) is 20.9. The van der Waals surface area contributed by atoms with E-state index in [1.807, 2.05) is 60.7 Å². The fourth-order valence-electron chi connectivity index (χ4n) is 2.91. The van der Waals surface area contributed by atoms with Crippen LogP contribution < -0.4 is 9.47 Å². The van der Waals surface area contributed by atoms with Gasteiger partial charge in [-0.15, -0.1) is 0 Å². The van der Waals surface area contributed by atoms with Gasteiger partial charge in [-0.1, -0.05) is 59.6 Å². The van der Waals surface area contributed by atoms with Crippen LogP contribution in [0.15, 0.2) is 66.7 Å². The van der Waals surface area contributed by atoms with Gasteiger partial charge in [0.05, 0.1) is 18.1 Å². The van der Waals surface area contributed by atoms with Crippen LogP contribution in [0.3, 0.4) is 0 Å². The van der Waals surface area contributed by atoms with Crippen molar-refractivity contribution >= 4 is 46.4 Å². The predicted octanol–water partition coefficient (Wildman–Crippen LogP) is 6.69. The fourth-order valence-corrected chi connectivity index (χ4v) is 3.42. The number of hydrogen-bond acceptors (Lipinski definition) is 4. The van der Waals surface area contributed by atoms with Crippen LogP contribution in [0, 0.1) is 0 Å². The second-order valence-corrected chi connectivity index (χ2v) is 7.31. The molecule has 0 bridgehead atoms. The second kappa shape index (κ2) is 9.16. The summed E-state index contributed by atoms with van der Waals surface area (Å²) in [4.78, 5) is 9.36. The van der Waals surface area contributed by atoms with Gasteiger partial charge in [0.25, 0.3) is 0 Å². The standard InChI is InChI=1S/C24H18Cl2N2O2/c1-29-17-12-9-16(10-13-17)11-14-23-24(28-22-8-3-2-7-21(22)27-23)30-15-18-19(25)5-4-6-20(18)26/h2-14H,15H2,1H3/b14-11+. The summed E-state index contributed by atoms with van der Waals surface area (Å²) >= 11 is 12.5. The molecule has 0 aliphatic carbocycles. The van der Waals surface area contributed by atoms with E-state index in [1.54, 1.807) is 25.3 Å². The number of fused-ring (bicyclic) bond motifs is 1. The molecule has 4 rings (SSSR count). The van der Waals surface area contributed by atoms with Gasteiger partial charge in [0.2, 0.25) is 5.88 Å². The monoisotopic (exact) mass is 436 g/mol. The van der Waals surface area contributed by atoms with Gasteiger partial charge in [0, 0.05) is 15.6 Å². The van der Waals surface area contributed by atoms with E-state index in [0.29, 0.717) is 27.2 Å². The van der Waals surface area contributed by atoms with Crippen molar-refractivity contribution in [1.29, 1.82) is 0 Å².